The van der Waals surface area contributed by atoms with Crippen molar-refractivity contribution in [3.63, 3.8) is 0 Å². The zero-order valence-corrected chi connectivity index (χ0v) is 13.3. The summed E-state index contributed by atoms with van der Waals surface area (Å²) in [6.45, 7) is 0.542. The summed E-state index contributed by atoms with van der Waals surface area (Å²) in [5.41, 5.74) is 1.67. The highest BCUT2D eigenvalue weighted by molar-refractivity contribution is 9.10. The van der Waals surface area contributed by atoms with E-state index in [4.69, 9.17) is 4.74 Å². The summed E-state index contributed by atoms with van der Waals surface area (Å²) in [5, 5.41) is 6.05. The summed E-state index contributed by atoms with van der Waals surface area (Å²) in [7, 11) is 1.63. The highest BCUT2D eigenvalue weighted by Crippen LogP contribution is 2.22. The Morgan fingerprint density at radius 2 is 2.00 bits per heavy atom. The van der Waals surface area contributed by atoms with Gasteiger partial charge in [-0.25, -0.2) is 0 Å². The van der Waals surface area contributed by atoms with E-state index in [-0.39, 0.29) is 5.91 Å². The van der Waals surface area contributed by atoms with Crippen molar-refractivity contribution in [2.45, 2.75) is 6.42 Å². The van der Waals surface area contributed by atoms with Gasteiger partial charge in [-0.05, 0) is 30.3 Å². The van der Waals surface area contributed by atoms with Crippen molar-refractivity contribution in [1.82, 2.24) is 0 Å². The Morgan fingerprint density at radius 3 is 2.76 bits per heavy atom. The van der Waals surface area contributed by atoms with Crippen LogP contribution in [0, 0.1) is 0 Å². The van der Waals surface area contributed by atoms with E-state index in [1.54, 1.807) is 7.11 Å². The molecule has 2 rings (SSSR count). The number of methoxy groups -OCH3 is 1. The third-order valence-corrected chi connectivity index (χ3v) is 3.38. The van der Waals surface area contributed by atoms with E-state index in [1.807, 2.05) is 48.5 Å². The average molecular weight is 349 g/mol. The van der Waals surface area contributed by atoms with Gasteiger partial charge in [0, 0.05) is 23.1 Å². The minimum absolute atomic E-state index is 0.0319. The molecular formula is C16H17BrN2O2. The second kappa shape index (κ2) is 7.69. The number of rotatable bonds is 6. The largest absolute Gasteiger partial charge is 0.495 e. The van der Waals surface area contributed by atoms with Gasteiger partial charge in [-0.2, -0.15) is 0 Å². The Kier molecular flexibility index (Phi) is 5.63. The lowest BCUT2D eigenvalue weighted by Crippen LogP contribution is -2.16. The van der Waals surface area contributed by atoms with Gasteiger partial charge in [0.2, 0.25) is 5.91 Å². The zero-order chi connectivity index (χ0) is 15.1. The first kappa shape index (κ1) is 15.4. The van der Waals surface area contributed by atoms with Gasteiger partial charge in [0.25, 0.3) is 0 Å². The number of carbonyl (C=O) groups is 1. The molecule has 0 bridgehead atoms. The van der Waals surface area contributed by atoms with E-state index in [2.05, 4.69) is 26.6 Å². The van der Waals surface area contributed by atoms with Gasteiger partial charge in [0.05, 0.1) is 12.8 Å². The molecule has 21 heavy (non-hydrogen) atoms. The van der Waals surface area contributed by atoms with Crippen LogP contribution in [0.15, 0.2) is 53.0 Å². The molecule has 0 atom stereocenters. The minimum atomic E-state index is -0.0319. The van der Waals surface area contributed by atoms with Crippen LogP contribution in [0.3, 0.4) is 0 Å². The fourth-order valence-corrected chi connectivity index (χ4v) is 2.29. The highest BCUT2D eigenvalue weighted by Gasteiger charge is 2.04. The summed E-state index contributed by atoms with van der Waals surface area (Å²) >= 11 is 3.37. The third-order valence-electron chi connectivity index (χ3n) is 2.88. The molecule has 5 heteroatoms. The number of carbonyl (C=O) groups excluding carboxylic acids is 1. The Morgan fingerprint density at radius 1 is 1.19 bits per heavy atom. The van der Waals surface area contributed by atoms with E-state index < -0.39 is 0 Å². The number of hydrogen-bond acceptors (Lipinski definition) is 3. The van der Waals surface area contributed by atoms with Gasteiger partial charge < -0.3 is 15.4 Å². The van der Waals surface area contributed by atoms with Crippen LogP contribution in [0.5, 0.6) is 5.75 Å². The number of amides is 1. The highest BCUT2D eigenvalue weighted by atomic mass is 79.9. The molecule has 0 fully saturated rings. The van der Waals surface area contributed by atoms with Crippen molar-refractivity contribution in [2.75, 3.05) is 24.3 Å². The molecule has 110 valence electrons. The number of nitrogens with one attached hydrogen (secondary N) is 2. The molecule has 0 aliphatic carbocycles. The zero-order valence-electron chi connectivity index (χ0n) is 11.7. The maximum atomic E-state index is 11.9. The van der Waals surface area contributed by atoms with E-state index in [9.17, 15) is 4.79 Å². The standard InChI is InChI=1S/C16H17BrN2O2/c1-21-15-8-3-2-7-14(15)18-10-9-16(20)19-13-6-4-5-12(17)11-13/h2-8,11,18H,9-10H2,1H3,(H,19,20). The summed E-state index contributed by atoms with van der Waals surface area (Å²) in [5.74, 6) is 0.736. The van der Waals surface area contributed by atoms with E-state index in [0.717, 1.165) is 21.6 Å². The van der Waals surface area contributed by atoms with Gasteiger partial charge in [-0.1, -0.05) is 34.1 Å². The quantitative estimate of drug-likeness (QED) is 0.832. The molecule has 0 heterocycles. The van der Waals surface area contributed by atoms with Gasteiger partial charge >= 0.3 is 0 Å². The van der Waals surface area contributed by atoms with Gasteiger partial charge in [0.1, 0.15) is 5.75 Å². The van der Waals surface area contributed by atoms with Crippen molar-refractivity contribution < 1.29 is 9.53 Å². The predicted molar refractivity (Wildman–Crippen MR) is 88.9 cm³/mol. The maximum absolute atomic E-state index is 11.9. The fraction of sp³-hybridized carbons (Fsp3) is 0.188. The topological polar surface area (TPSA) is 50.4 Å². The van der Waals surface area contributed by atoms with Crippen LogP contribution in [-0.2, 0) is 4.79 Å². The molecule has 0 aliphatic rings. The van der Waals surface area contributed by atoms with E-state index >= 15 is 0 Å². The van der Waals surface area contributed by atoms with Gasteiger partial charge in [0.15, 0.2) is 0 Å². The predicted octanol–water partition coefficient (Wildman–Crippen LogP) is 3.90. The molecule has 0 saturated heterocycles. The van der Waals surface area contributed by atoms with Gasteiger partial charge in [-0.15, -0.1) is 0 Å². The van der Waals surface area contributed by atoms with Crippen LogP contribution >= 0.6 is 15.9 Å². The smallest absolute Gasteiger partial charge is 0.226 e. The maximum Gasteiger partial charge on any atom is 0.226 e. The first-order valence-corrected chi connectivity index (χ1v) is 7.40. The van der Waals surface area contributed by atoms with Crippen LogP contribution in [0.25, 0.3) is 0 Å². The first-order chi connectivity index (χ1) is 10.2. The molecule has 2 aromatic carbocycles. The first-order valence-electron chi connectivity index (χ1n) is 6.61. The van der Waals surface area contributed by atoms with Crippen molar-refractivity contribution in [3.8, 4) is 5.75 Å². The van der Waals surface area contributed by atoms with Crippen LogP contribution in [0.4, 0.5) is 11.4 Å². The SMILES string of the molecule is COc1ccccc1NCCC(=O)Nc1cccc(Br)c1. The number of benzene rings is 2. The Labute approximate surface area is 132 Å². The normalized spacial score (nSPS) is 10.0. The summed E-state index contributed by atoms with van der Waals surface area (Å²) in [4.78, 5) is 11.9. The van der Waals surface area contributed by atoms with Crippen molar-refractivity contribution in [1.29, 1.82) is 0 Å². The number of halogens is 1. The molecule has 2 aromatic rings. The molecular weight excluding hydrogens is 332 g/mol. The molecule has 0 spiro atoms. The number of hydrogen-bond donors (Lipinski definition) is 2. The number of ether oxygens (including phenoxy) is 1. The van der Waals surface area contributed by atoms with Crippen LogP contribution in [0.2, 0.25) is 0 Å². The molecule has 0 unspecified atom stereocenters. The van der Waals surface area contributed by atoms with Crippen molar-refractivity contribution in [3.05, 3.63) is 53.0 Å². The lowest BCUT2D eigenvalue weighted by molar-refractivity contribution is -0.115. The summed E-state index contributed by atoms with van der Waals surface area (Å²) in [6, 6.07) is 15.2. The Bertz CT molecular complexity index is 617. The Hall–Kier alpha value is -2.01. The Balaban J connectivity index is 1.82. The lowest BCUT2D eigenvalue weighted by Gasteiger charge is -2.11. The molecule has 4 nitrogen and oxygen atoms in total. The minimum Gasteiger partial charge on any atom is -0.495 e. The van der Waals surface area contributed by atoms with E-state index in [1.165, 1.54) is 0 Å². The average Bonchev–Trinajstić information content (AvgIpc) is 2.47. The molecule has 0 aromatic heterocycles. The summed E-state index contributed by atoms with van der Waals surface area (Å²) < 4.78 is 6.18. The second-order valence-electron chi connectivity index (χ2n) is 4.44. The molecule has 0 saturated carbocycles. The summed E-state index contributed by atoms with van der Waals surface area (Å²) in [6.07, 6.45) is 0.380. The third kappa shape index (κ3) is 4.79. The van der Waals surface area contributed by atoms with Crippen LogP contribution in [0.1, 0.15) is 6.42 Å². The number of para-hydroxylation sites is 2. The monoisotopic (exact) mass is 348 g/mol. The molecule has 0 aliphatic heterocycles. The number of anilines is 2. The fourth-order valence-electron chi connectivity index (χ4n) is 1.89. The second-order valence-corrected chi connectivity index (χ2v) is 5.35. The van der Waals surface area contributed by atoms with Crippen LogP contribution < -0.4 is 15.4 Å². The van der Waals surface area contributed by atoms with Crippen molar-refractivity contribution >= 4 is 33.2 Å². The van der Waals surface area contributed by atoms with Gasteiger partial charge in [-0.3, -0.25) is 4.79 Å². The molecule has 1 amide bonds. The van der Waals surface area contributed by atoms with Crippen LogP contribution in [-0.4, -0.2) is 19.6 Å². The lowest BCUT2D eigenvalue weighted by atomic mass is 10.2. The molecule has 2 N–H and O–H groups in total. The molecule has 0 radical (unpaired) electrons. The van der Waals surface area contributed by atoms with E-state index in [0.29, 0.717) is 13.0 Å². The van der Waals surface area contributed by atoms with Crippen molar-refractivity contribution in [2.24, 2.45) is 0 Å².